The molecule has 76 valence electrons. The monoisotopic (exact) mass is 219 g/mol. The fourth-order valence-electron chi connectivity index (χ4n) is 1.40. The van der Waals surface area contributed by atoms with E-state index in [1.54, 1.807) is 18.2 Å². The van der Waals surface area contributed by atoms with Crippen molar-refractivity contribution in [3.8, 4) is 0 Å². The van der Waals surface area contributed by atoms with Gasteiger partial charge in [0.15, 0.2) is 0 Å². The van der Waals surface area contributed by atoms with Crippen LogP contribution in [0.25, 0.3) is 11.0 Å². The highest BCUT2D eigenvalue weighted by molar-refractivity contribution is 7.71. The lowest BCUT2D eigenvalue weighted by molar-refractivity contribution is 0.478. The number of hydrogen-bond donors (Lipinski definition) is 0. The highest BCUT2D eigenvalue weighted by Gasteiger charge is 2.04. The SMILES string of the molecule is C=CCn1c(=O)oc2ccccc2c1=S. The maximum atomic E-state index is 11.5. The number of para-hydroxylation sites is 1. The average Bonchev–Trinajstić information content (AvgIpc) is 2.24. The lowest BCUT2D eigenvalue weighted by atomic mass is 10.2. The predicted molar refractivity (Wildman–Crippen MR) is 61.5 cm³/mol. The van der Waals surface area contributed by atoms with Gasteiger partial charge in [-0.3, -0.25) is 4.57 Å². The van der Waals surface area contributed by atoms with E-state index in [4.69, 9.17) is 16.6 Å². The van der Waals surface area contributed by atoms with Gasteiger partial charge in [-0.1, -0.05) is 30.4 Å². The molecule has 0 aliphatic heterocycles. The van der Waals surface area contributed by atoms with Crippen LogP contribution in [0.1, 0.15) is 0 Å². The molecule has 0 saturated carbocycles. The third-order valence-electron chi connectivity index (χ3n) is 2.09. The fraction of sp³-hybridized carbons (Fsp3) is 0.0909. The summed E-state index contributed by atoms with van der Waals surface area (Å²) in [5.41, 5.74) is 0.521. The zero-order chi connectivity index (χ0) is 10.8. The molecule has 0 unspecified atom stereocenters. The van der Waals surface area contributed by atoms with Crippen molar-refractivity contribution in [3.05, 3.63) is 52.1 Å². The number of allylic oxidation sites excluding steroid dienone is 1. The number of hydrogen-bond acceptors (Lipinski definition) is 3. The summed E-state index contributed by atoms with van der Waals surface area (Å²) in [6, 6.07) is 7.22. The molecule has 15 heavy (non-hydrogen) atoms. The zero-order valence-electron chi connectivity index (χ0n) is 7.97. The molecule has 0 saturated heterocycles. The van der Waals surface area contributed by atoms with Crippen molar-refractivity contribution in [2.24, 2.45) is 0 Å². The first kappa shape index (κ1) is 9.86. The van der Waals surface area contributed by atoms with Crippen molar-refractivity contribution in [1.29, 1.82) is 0 Å². The van der Waals surface area contributed by atoms with Crippen molar-refractivity contribution < 1.29 is 4.42 Å². The van der Waals surface area contributed by atoms with Crippen LogP contribution in [-0.4, -0.2) is 4.57 Å². The van der Waals surface area contributed by atoms with Crippen LogP contribution < -0.4 is 5.76 Å². The van der Waals surface area contributed by atoms with E-state index in [-0.39, 0.29) is 0 Å². The topological polar surface area (TPSA) is 35.1 Å². The van der Waals surface area contributed by atoms with Crippen LogP contribution in [-0.2, 0) is 6.54 Å². The molecule has 1 heterocycles. The first-order valence-electron chi connectivity index (χ1n) is 4.47. The second-order valence-electron chi connectivity index (χ2n) is 3.07. The summed E-state index contributed by atoms with van der Waals surface area (Å²) in [4.78, 5) is 11.5. The van der Waals surface area contributed by atoms with Crippen LogP contribution in [0.5, 0.6) is 0 Å². The second-order valence-corrected chi connectivity index (χ2v) is 3.46. The zero-order valence-corrected chi connectivity index (χ0v) is 8.79. The average molecular weight is 219 g/mol. The molecule has 4 heteroatoms. The highest BCUT2D eigenvalue weighted by atomic mass is 32.1. The highest BCUT2D eigenvalue weighted by Crippen LogP contribution is 2.12. The molecule has 0 N–H and O–H groups in total. The molecule has 0 radical (unpaired) electrons. The molecule has 3 nitrogen and oxygen atoms in total. The van der Waals surface area contributed by atoms with Crippen LogP contribution >= 0.6 is 12.2 Å². The van der Waals surface area contributed by atoms with Crippen molar-refractivity contribution in [3.63, 3.8) is 0 Å². The van der Waals surface area contributed by atoms with Crippen molar-refractivity contribution >= 4 is 23.2 Å². The van der Waals surface area contributed by atoms with Crippen molar-refractivity contribution in [2.75, 3.05) is 0 Å². The maximum absolute atomic E-state index is 11.5. The molecule has 0 spiro atoms. The third-order valence-corrected chi connectivity index (χ3v) is 2.53. The van der Waals surface area contributed by atoms with E-state index in [1.807, 2.05) is 12.1 Å². The molecule has 1 aromatic carbocycles. The first-order valence-corrected chi connectivity index (χ1v) is 4.88. The van der Waals surface area contributed by atoms with Gasteiger partial charge in [0, 0.05) is 6.54 Å². The summed E-state index contributed by atoms with van der Waals surface area (Å²) < 4.78 is 6.99. The summed E-state index contributed by atoms with van der Waals surface area (Å²) in [6.07, 6.45) is 1.61. The van der Waals surface area contributed by atoms with Crippen LogP contribution in [0.3, 0.4) is 0 Å². The Balaban J connectivity index is 2.90. The van der Waals surface area contributed by atoms with E-state index >= 15 is 0 Å². The van der Waals surface area contributed by atoms with E-state index in [9.17, 15) is 4.79 Å². The fourth-order valence-corrected chi connectivity index (χ4v) is 1.71. The summed E-state index contributed by atoms with van der Waals surface area (Å²) in [5, 5.41) is 0.772. The van der Waals surface area contributed by atoms with Gasteiger partial charge < -0.3 is 4.42 Å². The normalized spacial score (nSPS) is 10.4. The van der Waals surface area contributed by atoms with Gasteiger partial charge in [-0.05, 0) is 12.1 Å². The maximum Gasteiger partial charge on any atom is 0.420 e. The molecular weight excluding hydrogens is 210 g/mol. The minimum absolute atomic E-state index is 0.367. The lowest BCUT2D eigenvalue weighted by Gasteiger charge is -2.03. The number of aromatic nitrogens is 1. The minimum atomic E-state index is -0.446. The van der Waals surface area contributed by atoms with Crippen LogP contribution in [0.15, 0.2) is 46.1 Å². The van der Waals surface area contributed by atoms with E-state index in [1.165, 1.54) is 4.57 Å². The van der Waals surface area contributed by atoms with Crippen LogP contribution in [0.4, 0.5) is 0 Å². The van der Waals surface area contributed by atoms with E-state index < -0.39 is 5.76 Å². The van der Waals surface area contributed by atoms with E-state index in [0.29, 0.717) is 16.8 Å². The molecular formula is C11H9NO2S. The summed E-state index contributed by atoms with van der Waals surface area (Å²) in [7, 11) is 0. The van der Waals surface area contributed by atoms with Gasteiger partial charge in [-0.2, -0.15) is 0 Å². The Labute approximate surface area is 91.3 Å². The molecule has 0 fully saturated rings. The van der Waals surface area contributed by atoms with Crippen molar-refractivity contribution in [2.45, 2.75) is 6.54 Å². The Morgan fingerprint density at radius 1 is 1.47 bits per heavy atom. The van der Waals surface area contributed by atoms with Gasteiger partial charge >= 0.3 is 5.76 Å². The first-order chi connectivity index (χ1) is 7.24. The van der Waals surface area contributed by atoms with Gasteiger partial charge in [-0.25, -0.2) is 4.79 Å². The van der Waals surface area contributed by atoms with Gasteiger partial charge in [0.05, 0.1) is 5.39 Å². The molecule has 0 aliphatic carbocycles. The smallest absolute Gasteiger partial charge is 0.409 e. The number of fused-ring (bicyclic) bond motifs is 1. The minimum Gasteiger partial charge on any atom is -0.409 e. The quantitative estimate of drug-likeness (QED) is 0.575. The molecule has 2 rings (SSSR count). The van der Waals surface area contributed by atoms with Crippen LogP contribution in [0.2, 0.25) is 0 Å². The predicted octanol–water partition coefficient (Wildman–Crippen LogP) is 2.51. The Morgan fingerprint density at radius 3 is 2.93 bits per heavy atom. The number of nitrogens with zero attached hydrogens (tertiary/aromatic N) is 1. The second kappa shape index (κ2) is 3.82. The molecule has 0 bridgehead atoms. The molecule has 0 atom stereocenters. The largest absolute Gasteiger partial charge is 0.420 e. The molecule has 0 aliphatic rings. The Morgan fingerprint density at radius 2 is 2.20 bits per heavy atom. The summed E-state index contributed by atoms with van der Waals surface area (Å²) in [5.74, 6) is -0.446. The van der Waals surface area contributed by atoms with Gasteiger partial charge in [0.25, 0.3) is 0 Å². The van der Waals surface area contributed by atoms with E-state index in [0.717, 1.165) is 5.39 Å². The number of benzene rings is 1. The molecule has 0 amide bonds. The van der Waals surface area contributed by atoms with Gasteiger partial charge in [0.2, 0.25) is 0 Å². The van der Waals surface area contributed by atoms with E-state index in [2.05, 4.69) is 6.58 Å². The lowest BCUT2D eigenvalue weighted by Crippen LogP contribution is -2.18. The van der Waals surface area contributed by atoms with Gasteiger partial charge in [0.1, 0.15) is 10.2 Å². The Bertz CT molecular complexity index is 624. The third kappa shape index (κ3) is 1.64. The van der Waals surface area contributed by atoms with Crippen LogP contribution in [0, 0.1) is 4.64 Å². The van der Waals surface area contributed by atoms with Crippen molar-refractivity contribution in [1.82, 2.24) is 4.57 Å². The molecule has 2 aromatic rings. The number of rotatable bonds is 2. The van der Waals surface area contributed by atoms with Gasteiger partial charge in [-0.15, -0.1) is 6.58 Å². The Hall–Kier alpha value is -1.68. The molecule has 1 aromatic heterocycles. The summed E-state index contributed by atoms with van der Waals surface area (Å²) in [6.45, 7) is 3.94. The standard InChI is InChI=1S/C11H9NO2S/c1-2-7-12-10(15)8-5-3-4-6-9(8)14-11(12)13/h2-6H,1,7H2. The Kier molecular flexibility index (Phi) is 2.51. The summed E-state index contributed by atoms with van der Waals surface area (Å²) >= 11 is 5.20.